The predicted octanol–water partition coefficient (Wildman–Crippen LogP) is 2.42. The van der Waals surface area contributed by atoms with Gasteiger partial charge in [-0.25, -0.2) is 9.99 Å². The number of carbonyl (C=O) groups is 3. The molecule has 0 aliphatic carbocycles. The van der Waals surface area contributed by atoms with Crippen LogP contribution in [0.15, 0.2) is 24.3 Å². The van der Waals surface area contributed by atoms with Crippen molar-refractivity contribution in [1.29, 1.82) is 0 Å². The molecule has 9 nitrogen and oxygen atoms in total. The molecule has 4 rings (SSSR count). The number of benzene rings is 1. The van der Waals surface area contributed by atoms with Crippen LogP contribution in [0, 0.1) is 5.92 Å². The van der Waals surface area contributed by atoms with Crippen LogP contribution in [0.1, 0.15) is 65.6 Å². The maximum absolute atomic E-state index is 13.4. The Bertz CT molecular complexity index is 1070. The average Bonchev–Trinajstić information content (AvgIpc) is 3.44. The summed E-state index contributed by atoms with van der Waals surface area (Å²) in [5.74, 6) is -1.43. The number of hydrogen-bond donors (Lipinski definition) is 2. The first-order valence-electron chi connectivity index (χ1n) is 11.8. The minimum Gasteiger partial charge on any atom is -0.470 e. The fourth-order valence-electron chi connectivity index (χ4n) is 4.48. The summed E-state index contributed by atoms with van der Waals surface area (Å²) >= 11 is 1.11. The Labute approximate surface area is 203 Å². The highest BCUT2D eigenvalue weighted by atomic mass is 32.1. The SMILES string of the molecule is CCCOc1nc(C[C@@H](CC)C(=O)N[C@@H]2C(=O)N3CCCN3Cc3ccccc32)c(C(N)=O)s1. The average molecular weight is 486 g/mol. The molecule has 182 valence electrons. The summed E-state index contributed by atoms with van der Waals surface area (Å²) in [5, 5.41) is 7.20. The van der Waals surface area contributed by atoms with Gasteiger partial charge >= 0.3 is 0 Å². The molecule has 34 heavy (non-hydrogen) atoms. The Kier molecular flexibility index (Phi) is 7.47. The van der Waals surface area contributed by atoms with E-state index in [0.717, 1.165) is 41.9 Å². The van der Waals surface area contributed by atoms with Crippen LogP contribution in [0.4, 0.5) is 0 Å². The zero-order valence-corrected chi connectivity index (χ0v) is 20.4. The van der Waals surface area contributed by atoms with Crippen molar-refractivity contribution in [3.05, 3.63) is 46.0 Å². The molecule has 0 bridgehead atoms. The number of carbonyl (C=O) groups excluding carboxylic acids is 3. The molecular weight excluding hydrogens is 454 g/mol. The van der Waals surface area contributed by atoms with Crippen molar-refractivity contribution in [1.82, 2.24) is 20.3 Å². The van der Waals surface area contributed by atoms with Gasteiger partial charge in [0, 0.05) is 32.0 Å². The largest absolute Gasteiger partial charge is 0.470 e. The summed E-state index contributed by atoms with van der Waals surface area (Å²) in [6.45, 7) is 6.49. The second-order valence-electron chi connectivity index (χ2n) is 8.62. The summed E-state index contributed by atoms with van der Waals surface area (Å²) in [6, 6.07) is 7.00. The molecule has 1 aromatic heterocycles. The molecule has 10 heteroatoms. The van der Waals surface area contributed by atoms with Crippen molar-refractivity contribution in [2.75, 3.05) is 19.7 Å². The van der Waals surface area contributed by atoms with Crippen LogP contribution in [0.5, 0.6) is 5.19 Å². The molecule has 0 spiro atoms. The first-order chi connectivity index (χ1) is 16.4. The van der Waals surface area contributed by atoms with Crippen molar-refractivity contribution in [2.24, 2.45) is 11.7 Å². The number of amides is 3. The number of primary amides is 1. The molecule has 1 saturated heterocycles. The van der Waals surface area contributed by atoms with Crippen molar-refractivity contribution >= 4 is 29.1 Å². The van der Waals surface area contributed by atoms with E-state index in [4.69, 9.17) is 10.5 Å². The van der Waals surface area contributed by atoms with Crippen LogP contribution in [0.2, 0.25) is 0 Å². The van der Waals surface area contributed by atoms with Gasteiger partial charge in [0.25, 0.3) is 17.0 Å². The second-order valence-corrected chi connectivity index (χ2v) is 9.58. The van der Waals surface area contributed by atoms with Gasteiger partial charge in [0.05, 0.1) is 12.3 Å². The minimum atomic E-state index is -0.754. The number of nitrogens with zero attached hydrogens (tertiary/aromatic N) is 3. The number of nitrogens with one attached hydrogen (secondary N) is 1. The van der Waals surface area contributed by atoms with Gasteiger partial charge in [0.15, 0.2) is 0 Å². The second kappa shape index (κ2) is 10.5. The van der Waals surface area contributed by atoms with Gasteiger partial charge in [-0.2, -0.15) is 0 Å². The van der Waals surface area contributed by atoms with E-state index in [1.165, 1.54) is 0 Å². The maximum atomic E-state index is 13.4. The third-order valence-corrected chi connectivity index (χ3v) is 7.29. The van der Waals surface area contributed by atoms with E-state index in [1.54, 1.807) is 5.01 Å². The van der Waals surface area contributed by atoms with Crippen molar-refractivity contribution in [3.8, 4) is 5.19 Å². The van der Waals surface area contributed by atoms with Crippen LogP contribution in [0.25, 0.3) is 0 Å². The van der Waals surface area contributed by atoms with Gasteiger partial charge in [-0.1, -0.05) is 49.4 Å². The molecule has 0 unspecified atom stereocenters. The van der Waals surface area contributed by atoms with E-state index in [1.807, 2.05) is 38.1 Å². The van der Waals surface area contributed by atoms with Crippen LogP contribution >= 0.6 is 11.3 Å². The topological polar surface area (TPSA) is 118 Å². The lowest BCUT2D eigenvalue weighted by Gasteiger charge is -2.28. The van der Waals surface area contributed by atoms with Gasteiger partial charge in [0.2, 0.25) is 5.91 Å². The molecule has 2 aliphatic rings. The molecule has 0 saturated carbocycles. The van der Waals surface area contributed by atoms with Crippen LogP contribution in [-0.2, 0) is 22.6 Å². The molecule has 1 aromatic carbocycles. The van der Waals surface area contributed by atoms with Gasteiger partial charge in [-0.3, -0.25) is 19.4 Å². The number of ether oxygens (including phenoxy) is 1. The van der Waals surface area contributed by atoms with Crippen molar-refractivity contribution in [2.45, 2.75) is 52.1 Å². The summed E-state index contributed by atoms with van der Waals surface area (Å²) in [5.41, 5.74) is 7.88. The molecule has 0 radical (unpaired) electrons. The van der Waals surface area contributed by atoms with E-state index >= 15 is 0 Å². The monoisotopic (exact) mass is 485 g/mol. The summed E-state index contributed by atoms with van der Waals surface area (Å²) < 4.78 is 5.58. The number of rotatable bonds is 9. The van der Waals surface area contributed by atoms with Crippen LogP contribution in [0.3, 0.4) is 0 Å². The van der Waals surface area contributed by atoms with E-state index in [9.17, 15) is 14.4 Å². The fourth-order valence-corrected chi connectivity index (χ4v) is 5.31. The number of nitrogens with two attached hydrogens (primary N) is 1. The minimum absolute atomic E-state index is 0.118. The van der Waals surface area contributed by atoms with Gasteiger partial charge in [0.1, 0.15) is 10.9 Å². The molecule has 2 atom stereocenters. The van der Waals surface area contributed by atoms with Crippen molar-refractivity contribution < 1.29 is 19.1 Å². The van der Waals surface area contributed by atoms with Gasteiger partial charge in [-0.15, -0.1) is 0 Å². The Balaban J connectivity index is 1.56. The fraction of sp³-hybridized carbons (Fsp3) is 0.500. The lowest BCUT2D eigenvalue weighted by atomic mass is 9.95. The molecule has 2 aliphatic heterocycles. The first-order valence-corrected chi connectivity index (χ1v) is 12.6. The third-order valence-electron chi connectivity index (χ3n) is 6.27. The molecule has 1 fully saturated rings. The lowest BCUT2D eigenvalue weighted by Crippen LogP contribution is -2.46. The van der Waals surface area contributed by atoms with Crippen LogP contribution in [-0.4, -0.2) is 52.4 Å². The van der Waals surface area contributed by atoms with E-state index in [-0.39, 0.29) is 18.2 Å². The van der Waals surface area contributed by atoms with Gasteiger partial charge < -0.3 is 15.8 Å². The number of hydrazine groups is 1. The smallest absolute Gasteiger partial charge is 0.274 e. The highest BCUT2D eigenvalue weighted by Gasteiger charge is 2.38. The number of thiazole rings is 1. The molecule has 3 heterocycles. The normalized spacial score (nSPS) is 18.7. The van der Waals surface area contributed by atoms with Crippen molar-refractivity contribution in [3.63, 3.8) is 0 Å². The van der Waals surface area contributed by atoms with E-state index in [2.05, 4.69) is 15.3 Å². The van der Waals surface area contributed by atoms with Crippen LogP contribution < -0.4 is 15.8 Å². The molecular formula is C24H31N5O4S. The zero-order chi connectivity index (χ0) is 24.2. The third kappa shape index (κ3) is 4.92. The van der Waals surface area contributed by atoms with E-state index in [0.29, 0.717) is 41.9 Å². The number of hydrogen-bond acceptors (Lipinski definition) is 7. The maximum Gasteiger partial charge on any atom is 0.274 e. The summed E-state index contributed by atoms with van der Waals surface area (Å²) in [4.78, 5) is 43.5. The molecule has 3 amide bonds. The van der Waals surface area contributed by atoms with Gasteiger partial charge in [-0.05, 0) is 30.4 Å². The summed E-state index contributed by atoms with van der Waals surface area (Å²) in [7, 11) is 0. The molecule has 3 N–H and O–H groups in total. The Morgan fingerprint density at radius 3 is 2.82 bits per heavy atom. The highest BCUT2D eigenvalue weighted by Crippen LogP contribution is 2.31. The predicted molar refractivity (Wildman–Crippen MR) is 128 cm³/mol. The Morgan fingerprint density at radius 2 is 2.09 bits per heavy atom. The number of aromatic nitrogens is 1. The van der Waals surface area contributed by atoms with E-state index < -0.39 is 17.9 Å². The molecule has 2 aromatic rings. The zero-order valence-electron chi connectivity index (χ0n) is 19.6. The quantitative estimate of drug-likeness (QED) is 0.563. The Morgan fingerprint density at radius 1 is 1.29 bits per heavy atom. The standard InChI is InChI=1S/C24H31N5O4S/c1-3-12-33-24-26-18(20(34-24)21(25)30)13-15(4-2)22(31)27-19-17-9-6-5-8-16(17)14-28-10-7-11-29(28)23(19)32/h5-6,8-9,15,19H,3-4,7,10-14H2,1-2H3,(H2,25,30)(H,27,31)/t15-,19+/m1/s1. The number of fused-ring (bicyclic) bond motifs is 2. The lowest BCUT2D eigenvalue weighted by molar-refractivity contribution is -0.148. The Hall–Kier alpha value is -2.98. The first kappa shape index (κ1) is 24.2. The highest BCUT2D eigenvalue weighted by molar-refractivity contribution is 7.15. The summed E-state index contributed by atoms with van der Waals surface area (Å²) in [6.07, 6.45) is 2.48.